The van der Waals surface area contributed by atoms with E-state index in [4.69, 9.17) is 11.2 Å². The second-order valence-corrected chi connectivity index (χ2v) is 3.64. The average Bonchev–Trinajstić information content (AvgIpc) is 2.35. The van der Waals surface area contributed by atoms with Gasteiger partial charge in [-0.1, -0.05) is 6.92 Å². The summed E-state index contributed by atoms with van der Waals surface area (Å²) in [6.07, 6.45) is 1.47. The van der Waals surface area contributed by atoms with Gasteiger partial charge >= 0.3 is 6.18 Å². The van der Waals surface area contributed by atoms with E-state index >= 15 is 0 Å². The number of terminal acetylenes is 1. The van der Waals surface area contributed by atoms with Crippen molar-refractivity contribution in [2.45, 2.75) is 25.9 Å². The highest BCUT2D eigenvalue weighted by atomic mass is 19.4. The number of nitrogens with zero attached hydrogens (tertiary/aromatic N) is 2. The van der Waals surface area contributed by atoms with Crippen LogP contribution in [-0.2, 0) is 6.18 Å². The molecule has 0 bridgehead atoms. The molecular formula is C12H14F3N3O. The van der Waals surface area contributed by atoms with E-state index < -0.39 is 12.0 Å². The quantitative estimate of drug-likeness (QED) is 0.639. The molecule has 0 saturated heterocycles. The molecule has 4 nitrogen and oxygen atoms in total. The van der Waals surface area contributed by atoms with Gasteiger partial charge in [-0.15, -0.1) is 12.3 Å². The fourth-order valence-electron chi connectivity index (χ4n) is 1.18. The monoisotopic (exact) mass is 273 g/mol. The standard InChI is InChI=1S/C12H14F3N3O/c1-3-5-7-19-10-8-9(16-6-4-2)17-11(18-10)12(13,14)15/h1,8H,4-7H2,2H3,(H,16,17,18). The Balaban J connectivity index is 2.92. The summed E-state index contributed by atoms with van der Waals surface area (Å²) in [4.78, 5) is 6.72. The minimum Gasteiger partial charge on any atom is -0.477 e. The van der Waals surface area contributed by atoms with Gasteiger partial charge in [0.15, 0.2) is 0 Å². The molecule has 1 aromatic heterocycles. The predicted octanol–water partition coefficient (Wildman–Crippen LogP) is 2.72. The van der Waals surface area contributed by atoms with Crippen molar-refractivity contribution in [3.05, 3.63) is 11.9 Å². The topological polar surface area (TPSA) is 47.0 Å². The van der Waals surface area contributed by atoms with Crippen LogP contribution in [0.2, 0.25) is 0 Å². The fourth-order valence-corrected chi connectivity index (χ4v) is 1.18. The molecule has 0 amide bonds. The maximum Gasteiger partial charge on any atom is 0.451 e. The molecule has 1 rings (SSSR count). The number of rotatable bonds is 6. The van der Waals surface area contributed by atoms with E-state index in [2.05, 4.69) is 21.2 Å². The molecule has 1 aromatic rings. The lowest BCUT2D eigenvalue weighted by Gasteiger charge is -2.11. The molecule has 0 fully saturated rings. The smallest absolute Gasteiger partial charge is 0.451 e. The van der Waals surface area contributed by atoms with Crippen LogP contribution in [0.3, 0.4) is 0 Å². The van der Waals surface area contributed by atoms with Gasteiger partial charge in [-0.2, -0.15) is 18.2 Å². The number of aromatic nitrogens is 2. The molecule has 0 radical (unpaired) electrons. The lowest BCUT2D eigenvalue weighted by molar-refractivity contribution is -0.145. The number of anilines is 1. The Kier molecular flexibility index (Phi) is 5.42. The van der Waals surface area contributed by atoms with E-state index in [-0.39, 0.29) is 18.3 Å². The molecule has 0 aliphatic heterocycles. The van der Waals surface area contributed by atoms with Crippen molar-refractivity contribution < 1.29 is 17.9 Å². The molecule has 19 heavy (non-hydrogen) atoms. The van der Waals surface area contributed by atoms with Gasteiger partial charge in [0.1, 0.15) is 12.4 Å². The molecule has 0 spiro atoms. The van der Waals surface area contributed by atoms with Crippen molar-refractivity contribution >= 4 is 5.82 Å². The third kappa shape index (κ3) is 5.04. The number of alkyl halides is 3. The Morgan fingerprint density at radius 3 is 2.74 bits per heavy atom. The van der Waals surface area contributed by atoms with E-state index in [9.17, 15) is 13.2 Å². The van der Waals surface area contributed by atoms with E-state index in [1.54, 1.807) is 0 Å². The van der Waals surface area contributed by atoms with E-state index in [0.29, 0.717) is 13.0 Å². The van der Waals surface area contributed by atoms with Crippen LogP contribution in [0.5, 0.6) is 5.88 Å². The minimum absolute atomic E-state index is 0.0832. The van der Waals surface area contributed by atoms with Crippen LogP contribution < -0.4 is 10.1 Å². The van der Waals surface area contributed by atoms with Gasteiger partial charge in [0, 0.05) is 19.0 Å². The number of halogens is 3. The summed E-state index contributed by atoms with van der Waals surface area (Å²) < 4.78 is 42.9. The molecular weight excluding hydrogens is 259 g/mol. The summed E-state index contributed by atoms with van der Waals surface area (Å²) in [7, 11) is 0. The second kappa shape index (κ2) is 6.83. The highest BCUT2D eigenvalue weighted by Gasteiger charge is 2.35. The normalized spacial score (nSPS) is 10.9. The summed E-state index contributed by atoms with van der Waals surface area (Å²) in [5.41, 5.74) is 0. The van der Waals surface area contributed by atoms with Gasteiger partial charge in [-0.25, -0.2) is 4.98 Å². The van der Waals surface area contributed by atoms with Crippen LogP contribution in [0.25, 0.3) is 0 Å². The average molecular weight is 273 g/mol. The zero-order valence-corrected chi connectivity index (χ0v) is 10.4. The second-order valence-electron chi connectivity index (χ2n) is 3.64. The molecule has 0 aromatic carbocycles. The Morgan fingerprint density at radius 2 is 2.16 bits per heavy atom. The van der Waals surface area contributed by atoms with Crippen molar-refractivity contribution in [3.8, 4) is 18.2 Å². The Bertz CT molecular complexity index is 455. The lowest BCUT2D eigenvalue weighted by atomic mass is 10.4. The van der Waals surface area contributed by atoms with Crippen LogP contribution >= 0.6 is 0 Å². The van der Waals surface area contributed by atoms with Crippen LogP contribution in [0, 0.1) is 12.3 Å². The molecule has 1 heterocycles. The zero-order valence-electron chi connectivity index (χ0n) is 10.4. The Labute approximate surface area is 109 Å². The summed E-state index contributed by atoms with van der Waals surface area (Å²) in [5, 5.41) is 2.77. The minimum atomic E-state index is -4.62. The highest BCUT2D eigenvalue weighted by molar-refractivity contribution is 5.38. The SMILES string of the molecule is C#CCCOc1cc(NCCC)nc(C(F)(F)F)n1. The Morgan fingerprint density at radius 1 is 1.42 bits per heavy atom. The fraction of sp³-hybridized carbons (Fsp3) is 0.500. The predicted molar refractivity (Wildman–Crippen MR) is 64.8 cm³/mol. The maximum atomic E-state index is 12.6. The summed E-state index contributed by atoms with van der Waals surface area (Å²) in [5.74, 6) is 1.03. The maximum absolute atomic E-state index is 12.6. The van der Waals surface area contributed by atoms with Crippen molar-refractivity contribution in [1.29, 1.82) is 0 Å². The molecule has 7 heteroatoms. The third-order valence-electron chi connectivity index (χ3n) is 2.01. The first-order valence-corrected chi connectivity index (χ1v) is 5.73. The summed E-state index contributed by atoms with van der Waals surface area (Å²) >= 11 is 0. The van der Waals surface area contributed by atoms with E-state index in [1.807, 2.05) is 6.92 Å². The van der Waals surface area contributed by atoms with Crippen LogP contribution in [0.1, 0.15) is 25.6 Å². The molecule has 104 valence electrons. The van der Waals surface area contributed by atoms with Gasteiger partial charge in [-0.3, -0.25) is 0 Å². The molecule has 0 unspecified atom stereocenters. The number of hydrogen-bond acceptors (Lipinski definition) is 4. The largest absolute Gasteiger partial charge is 0.477 e. The van der Waals surface area contributed by atoms with Crippen molar-refractivity contribution in [2.24, 2.45) is 0 Å². The first-order chi connectivity index (χ1) is 8.97. The van der Waals surface area contributed by atoms with Gasteiger partial charge in [0.25, 0.3) is 0 Å². The van der Waals surface area contributed by atoms with Crippen molar-refractivity contribution in [3.63, 3.8) is 0 Å². The molecule has 1 N–H and O–H groups in total. The van der Waals surface area contributed by atoms with Crippen LogP contribution in [0.15, 0.2) is 6.07 Å². The summed E-state index contributed by atoms with van der Waals surface area (Å²) in [6, 6.07) is 1.32. The van der Waals surface area contributed by atoms with Crippen LogP contribution in [0.4, 0.5) is 19.0 Å². The van der Waals surface area contributed by atoms with E-state index in [1.165, 1.54) is 6.07 Å². The van der Waals surface area contributed by atoms with Gasteiger partial charge in [-0.05, 0) is 6.42 Å². The number of hydrogen-bond donors (Lipinski definition) is 1. The van der Waals surface area contributed by atoms with Crippen molar-refractivity contribution in [1.82, 2.24) is 9.97 Å². The third-order valence-corrected chi connectivity index (χ3v) is 2.01. The molecule has 0 aliphatic carbocycles. The number of ether oxygens (including phenoxy) is 1. The van der Waals surface area contributed by atoms with Crippen LogP contribution in [-0.4, -0.2) is 23.1 Å². The molecule has 0 saturated carbocycles. The number of nitrogens with one attached hydrogen (secondary N) is 1. The van der Waals surface area contributed by atoms with E-state index in [0.717, 1.165) is 6.42 Å². The highest BCUT2D eigenvalue weighted by Crippen LogP contribution is 2.28. The first kappa shape index (κ1) is 15.1. The zero-order chi connectivity index (χ0) is 14.3. The first-order valence-electron chi connectivity index (χ1n) is 5.73. The summed E-state index contributed by atoms with van der Waals surface area (Å²) in [6.45, 7) is 2.51. The Hall–Kier alpha value is -1.97. The van der Waals surface area contributed by atoms with Gasteiger partial charge in [0.2, 0.25) is 11.7 Å². The lowest BCUT2D eigenvalue weighted by Crippen LogP contribution is -2.14. The molecule has 0 atom stereocenters. The molecule has 0 aliphatic rings. The van der Waals surface area contributed by atoms with Crippen molar-refractivity contribution in [2.75, 3.05) is 18.5 Å². The van der Waals surface area contributed by atoms with Gasteiger partial charge in [0.05, 0.1) is 0 Å². The van der Waals surface area contributed by atoms with Gasteiger partial charge < -0.3 is 10.1 Å².